The van der Waals surface area contributed by atoms with Crippen LogP contribution in [0.2, 0.25) is 0 Å². The molecule has 0 heterocycles. The largest absolute Gasteiger partial charge is 0.374 e. The Morgan fingerprint density at radius 1 is 1.18 bits per heavy atom. The highest BCUT2D eigenvalue weighted by atomic mass is 16.2. The van der Waals surface area contributed by atoms with Crippen LogP contribution < -0.4 is 10.6 Å². The Balaban J connectivity index is 2.51. The van der Waals surface area contributed by atoms with Crippen LogP contribution in [0.3, 0.4) is 0 Å². The Labute approximate surface area is 103 Å². The van der Waals surface area contributed by atoms with Crippen LogP contribution in [-0.4, -0.2) is 38.5 Å². The van der Waals surface area contributed by atoms with Crippen LogP contribution in [-0.2, 0) is 11.3 Å². The number of anilines is 1. The first-order chi connectivity index (χ1) is 8.04. The molecule has 1 aromatic carbocycles. The first kappa shape index (κ1) is 13.5. The van der Waals surface area contributed by atoms with E-state index in [4.69, 9.17) is 5.73 Å². The van der Waals surface area contributed by atoms with E-state index in [0.717, 1.165) is 17.8 Å². The number of nitrogens with zero attached hydrogens (tertiary/aromatic N) is 2. The van der Waals surface area contributed by atoms with Crippen molar-refractivity contribution in [1.82, 2.24) is 4.90 Å². The number of carbonyl (C=O) groups is 1. The molecule has 94 valence electrons. The Hall–Kier alpha value is -1.55. The lowest BCUT2D eigenvalue weighted by Gasteiger charge is -2.20. The average molecular weight is 235 g/mol. The molecule has 0 unspecified atom stereocenters. The average Bonchev–Trinajstić information content (AvgIpc) is 2.35. The minimum Gasteiger partial charge on any atom is -0.374 e. The Morgan fingerprint density at radius 2 is 1.76 bits per heavy atom. The summed E-state index contributed by atoms with van der Waals surface area (Å²) < 4.78 is 0. The van der Waals surface area contributed by atoms with E-state index in [1.54, 1.807) is 19.0 Å². The Kier molecular flexibility index (Phi) is 4.97. The molecule has 4 nitrogen and oxygen atoms in total. The molecular weight excluding hydrogens is 214 g/mol. The molecule has 0 saturated carbocycles. The van der Waals surface area contributed by atoms with Gasteiger partial charge in [0.2, 0.25) is 5.91 Å². The lowest BCUT2D eigenvalue weighted by atomic mass is 10.2. The molecule has 0 aromatic heterocycles. The van der Waals surface area contributed by atoms with Crippen LogP contribution in [0.5, 0.6) is 0 Å². The van der Waals surface area contributed by atoms with Gasteiger partial charge in [0.15, 0.2) is 0 Å². The number of nitrogens with two attached hydrogens (primary N) is 1. The van der Waals surface area contributed by atoms with Crippen molar-refractivity contribution >= 4 is 11.6 Å². The summed E-state index contributed by atoms with van der Waals surface area (Å²) in [6.45, 7) is 1.28. The monoisotopic (exact) mass is 235 g/mol. The predicted octanol–water partition coefficient (Wildman–Crippen LogP) is 1.06. The van der Waals surface area contributed by atoms with Gasteiger partial charge in [0.1, 0.15) is 0 Å². The molecule has 4 heteroatoms. The molecule has 0 spiro atoms. The zero-order valence-electron chi connectivity index (χ0n) is 10.8. The normalized spacial score (nSPS) is 10.1. The zero-order valence-corrected chi connectivity index (χ0v) is 10.8. The molecule has 0 aliphatic carbocycles. The molecule has 0 bridgehead atoms. The van der Waals surface area contributed by atoms with Gasteiger partial charge < -0.3 is 15.5 Å². The number of benzene rings is 1. The lowest BCUT2D eigenvalue weighted by Crippen LogP contribution is -2.27. The van der Waals surface area contributed by atoms with Crippen molar-refractivity contribution in [1.29, 1.82) is 0 Å². The standard InChI is InChI=1S/C13H21N3O/c1-15(2)13(17)8-9-16(3)12-6-4-11(10-14)5-7-12/h4-7H,8-10,14H2,1-3H3. The second-order valence-electron chi connectivity index (χ2n) is 4.33. The van der Waals surface area contributed by atoms with Crippen molar-refractivity contribution in [2.24, 2.45) is 5.73 Å². The van der Waals surface area contributed by atoms with Crippen LogP contribution in [0.25, 0.3) is 0 Å². The van der Waals surface area contributed by atoms with Gasteiger partial charge in [0.25, 0.3) is 0 Å². The molecule has 1 rings (SSSR count). The maximum absolute atomic E-state index is 11.5. The van der Waals surface area contributed by atoms with E-state index in [1.807, 2.05) is 31.3 Å². The highest BCUT2D eigenvalue weighted by molar-refractivity contribution is 5.76. The molecule has 0 saturated heterocycles. The van der Waals surface area contributed by atoms with Gasteiger partial charge in [0, 0.05) is 46.3 Å². The van der Waals surface area contributed by atoms with Gasteiger partial charge in [-0.25, -0.2) is 0 Å². The molecular formula is C13H21N3O. The van der Waals surface area contributed by atoms with Crippen molar-refractivity contribution in [2.75, 3.05) is 32.6 Å². The Morgan fingerprint density at radius 3 is 2.24 bits per heavy atom. The summed E-state index contributed by atoms with van der Waals surface area (Å²) in [5, 5.41) is 0. The maximum Gasteiger partial charge on any atom is 0.223 e. The van der Waals surface area contributed by atoms with Crippen molar-refractivity contribution in [3.8, 4) is 0 Å². The summed E-state index contributed by atoms with van der Waals surface area (Å²) >= 11 is 0. The summed E-state index contributed by atoms with van der Waals surface area (Å²) in [5.74, 6) is 0.149. The molecule has 0 fully saturated rings. The van der Waals surface area contributed by atoms with Crippen molar-refractivity contribution < 1.29 is 4.79 Å². The number of carbonyl (C=O) groups excluding carboxylic acids is 1. The van der Waals surface area contributed by atoms with E-state index >= 15 is 0 Å². The molecule has 1 amide bonds. The first-order valence-corrected chi connectivity index (χ1v) is 5.75. The summed E-state index contributed by atoms with van der Waals surface area (Å²) in [6, 6.07) is 8.09. The van der Waals surface area contributed by atoms with Crippen molar-refractivity contribution in [3.63, 3.8) is 0 Å². The second-order valence-corrected chi connectivity index (χ2v) is 4.33. The van der Waals surface area contributed by atoms with Crippen LogP contribution in [0.15, 0.2) is 24.3 Å². The van der Waals surface area contributed by atoms with E-state index in [9.17, 15) is 4.79 Å². The molecule has 17 heavy (non-hydrogen) atoms. The third-order valence-corrected chi connectivity index (χ3v) is 2.77. The van der Waals surface area contributed by atoms with Crippen LogP contribution in [0.4, 0.5) is 5.69 Å². The highest BCUT2D eigenvalue weighted by Crippen LogP contribution is 2.13. The number of amides is 1. The third kappa shape index (κ3) is 4.07. The van der Waals surface area contributed by atoms with Crippen LogP contribution in [0.1, 0.15) is 12.0 Å². The smallest absolute Gasteiger partial charge is 0.223 e. The SMILES string of the molecule is CN(C)C(=O)CCN(C)c1ccc(CN)cc1. The molecule has 0 radical (unpaired) electrons. The van der Waals surface area contributed by atoms with E-state index < -0.39 is 0 Å². The van der Waals surface area contributed by atoms with Gasteiger partial charge in [-0.2, -0.15) is 0 Å². The zero-order chi connectivity index (χ0) is 12.8. The van der Waals surface area contributed by atoms with Crippen molar-refractivity contribution in [3.05, 3.63) is 29.8 Å². The summed E-state index contributed by atoms with van der Waals surface area (Å²) in [7, 11) is 5.54. The predicted molar refractivity (Wildman–Crippen MR) is 70.9 cm³/mol. The summed E-state index contributed by atoms with van der Waals surface area (Å²) in [6.07, 6.45) is 0.530. The highest BCUT2D eigenvalue weighted by Gasteiger charge is 2.06. The van der Waals surface area contributed by atoms with E-state index in [1.165, 1.54) is 0 Å². The molecule has 0 atom stereocenters. The Bertz CT molecular complexity index is 359. The number of hydrogen-bond acceptors (Lipinski definition) is 3. The van der Waals surface area contributed by atoms with Crippen LogP contribution >= 0.6 is 0 Å². The van der Waals surface area contributed by atoms with Gasteiger partial charge >= 0.3 is 0 Å². The fourth-order valence-electron chi connectivity index (χ4n) is 1.50. The molecule has 1 aromatic rings. The fraction of sp³-hybridized carbons (Fsp3) is 0.462. The van der Waals surface area contributed by atoms with E-state index in [0.29, 0.717) is 13.0 Å². The quantitative estimate of drug-likeness (QED) is 0.830. The van der Waals surface area contributed by atoms with Gasteiger partial charge in [0.05, 0.1) is 0 Å². The van der Waals surface area contributed by atoms with Gasteiger partial charge in [-0.15, -0.1) is 0 Å². The van der Waals surface area contributed by atoms with E-state index in [-0.39, 0.29) is 5.91 Å². The van der Waals surface area contributed by atoms with Gasteiger partial charge in [-0.3, -0.25) is 4.79 Å². The van der Waals surface area contributed by atoms with E-state index in [2.05, 4.69) is 4.90 Å². The van der Waals surface area contributed by atoms with Gasteiger partial charge in [-0.1, -0.05) is 12.1 Å². The third-order valence-electron chi connectivity index (χ3n) is 2.77. The van der Waals surface area contributed by atoms with Crippen molar-refractivity contribution in [2.45, 2.75) is 13.0 Å². The second kappa shape index (κ2) is 6.25. The molecule has 0 aliphatic rings. The first-order valence-electron chi connectivity index (χ1n) is 5.75. The minimum absolute atomic E-state index is 0.149. The summed E-state index contributed by atoms with van der Waals surface area (Å²) in [5.41, 5.74) is 7.77. The number of rotatable bonds is 5. The number of hydrogen-bond donors (Lipinski definition) is 1. The lowest BCUT2D eigenvalue weighted by molar-refractivity contribution is -0.128. The minimum atomic E-state index is 0.149. The molecule has 2 N–H and O–H groups in total. The topological polar surface area (TPSA) is 49.6 Å². The summed E-state index contributed by atoms with van der Waals surface area (Å²) in [4.78, 5) is 15.1. The maximum atomic E-state index is 11.5. The molecule has 0 aliphatic heterocycles. The fourth-order valence-corrected chi connectivity index (χ4v) is 1.50. The van der Waals surface area contributed by atoms with Crippen LogP contribution in [0, 0.1) is 0 Å². The van der Waals surface area contributed by atoms with Gasteiger partial charge in [-0.05, 0) is 17.7 Å².